The van der Waals surface area contributed by atoms with E-state index in [0.29, 0.717) is 10.9 Å². The molecule has 6 nitrogen and oxygen atoms in total. The zero-order valence-corrected chi connectivity index (χ0v) is 10.3. The molecule has 0 fully saturated rings. The summed E-state index contributed by atoms with van der Waals surface area (Å²) in [5.41, 5.74) is 2.25. The summed E-state index contributed by atoms with van der Waals surface area (Å²) in [6, 6.07) is 1.76. The van der Waals surface area contributed by atoms with E-state index >= 15 is 0 Å². The van der Waals surface area contributed by atoms with Crippen LogP contribution in [-0.2, 0) is 10.8 Å². The molecule has 0 aliphatic carbocycles. The van der Waals surface area contributed by atoms with Crippen LogP contribution in [0.15, 0.2) is 42.2 Å². The molecule has 3 rings (SSSR count). The van der Waals surface area contributed by atoms with Gasteiger partial charge in [-0.2, -0.15) is 0 Å². The number of imidazole rings is 1. The minimum atomic E-state index is -1.20. The van der Waals surface area contributed by atoms with Crippen molar-refractivity contribution >= 4 is 16.4 Å². The molecule has 0 spiro atoms. The minimum Gasteiger partial charge on any atom is -0.295 e. The lowest BCUT2D eigenvalue weighted by atomic mass is 10.3. The number of fused-ring (bicyclic) bond motifs is 1. The summed E-state index contributed by atoms with van der Waals surface area (Å²) in [5.74, 6) is 0. The van der Waals surface area contributed by atoms with Crippen LogP contribution in [0.25, 0.3) is 17.0 Å². The van der Waals surface area contributed by atoms with Gasteiger partial charge in [0.25, 0.3) is 0 Å². The van der Waals surface area contributed by atoms with Gasteiger partial charge in [-0.3, -0.25) is 13.6 Å². The molecule has 0 saturated carbocycles. The monoisotopic (exact) mass is 259 g/mol. The van der Waals surface area contributed by atoms with Crippen molar-refractivity contribution in [1.29, 1.82) is 0 Å². The normalized spacial score (nSPS) is 12.7. The lowest BCUT2D eigenvalue weighted by Gasteiger charge is -2.01. The second-order valence-corrected chi connectivity index (χ2v) is 4.90. The van der Waals surface area contributed by atoms with Crippen LogP contribution in [0, 0.1) is 0 Å². The molecular formula is C11H9N5OS. The van der Waals surface area contributed by atoms with E-state index in [-0.39, 0.29) is 0 Å². The molecule has 90 valence electrons. The van der Waals surface area contributed by atoms with Crippen LogP contribution < -0.4 is 0 Å². The predicted octanol–water partition coefficient (Wildman–Crippen LogP) is 0.924. The van der Waals surface area contributed by atoms with Crippen molar-refractivity contribution in [2.24, 2.45) is 0 Å². The quantitative estimate of drug-likeness (QED) is 0.640. The molecule has 3 heterocycles. The van der Waals surface area contributed by atoms with Crippen LogP contribution in [0.4, 0.5) is 0 Å². The Labute approximate surface area is 105 Å². The Morgan fingerprint density at radius 2 is 2.11 bits per heavy atom. The topological polar surface area (TPSA) is 73.0 Å². The van der Waals surface area contributed by atoms with Crippen LogP contribution in [0.2, 0.25) is 0 Å². The van der Waals surface area contributed by atoms with Gasteiger partial charge in [-0.25, -0.2) is 15.0 Å². The first-order valence-electron chi connectivity index (χ1n) is 5.19. The number of hydrogen-bond donors (Lipinski definition) is 0. The van der Waals surface area contributed by atoms with Gasteiger partial charge in [-0.1, -0.05) is 0 Å². The lowest BCUT2D eigenvalue weighted by Crippen LogP contribution is -1.99. The summed E-state index contributed by atoms with van der Waals surface area (Å²) in [7, 11) is -1.20. The van der Waals surface area contributed by atoms with E-state index in [1.165, 1.54) is 0 Å². The Morgan fingerprint density at radius 3 is 2.94 bits per heavy atom. The molecule has 0 bridgehead atoms. The summed E-state index contributed by atoms with van der Waals surface area (Å²) in [6.45, 7) is 0. The van der Waals surface area contributed by atoms with Crippen molar-refractivity contribution in [3.05, 3.63) is 37.1 Å². The van der Waals surface area contributed by atoms with E-state index in [0.717, 1.165) is 11.3 Å². The van der Waals surface area contributed by atoms with E-state index in [4.69, 9.17) is 0 Å². The zero-order valence-electron chi connectivity index (χ0n) is 9.52. The summed E-state index contributed by atoms with van der Waals surface area (Å²) in [4.78, 5) is 16.5. The molecule has 0 amide bonds. The molecular weight excluding hydrogens is 250 g/mol. The number of hydrogen-bond acceptors (Lipinski definition) is 5. The maximum absolute atomic E-state index is 11.4. The highest BCUT2D eigenvalue weighted by Gasteiger charge is 2.09. The fourth-order valence-corrected chi connectivity index (χ4v) is 2.09. The standard InChI is InChI=1S/C11H9N5OS/c1-18(17)11-13-3-2-8(15-11)9-6-14-10-7-12-4-5-16(9)10/h2-7H,1H3. The molecule has 3 aromatic heterocycles. The minimum absolute atomic E-state index is 0.316. The Kier molecular flexibility index (Phi) is 2.60. The smallest absolute Gasteiger partial charge is 0.218 e. The van der Waals surface area contributed by atoms with Crippen molar-refractivity contribution in [3.8, 4) is 11.4 Å². The zero-order chi connectivity index (χ0) is 12.5. The number of nitrogens with zero attached hydrogens (tertiary/aromatic N) is 5. The van der Waals surface area contributed by atoms with E-state index < -0.39 is 10.8 Å². The molecule has 0 radical (unpaired) electrons. The molecule has 7 heteroatoms. The second-order valence-electron chi connectivity index (χ2n) is 3.63. The molecule has 1 atom stereocenters. The summed E-state index contributed by atoms with van der Waals surface area (Å²) < 4.78 is 13.3. The largest absolute Gasteiger partial charge is 0.295 e. The highest BCUT2D eigenvalue weighted by atomic mass is 32.2. The molecule has 0 saturated heterocycles. The first-order valence-corrected chi connectivity index (χ1v) is 6.75. The molecule has 18 heavy (non-hydrogen) atoms. The molecule has 0 N–H and O–H groups in total. The van der Waals surface area contributed by atoms with Crippen LogP contribution in [0.5, 0.6) is 0 Å². The Balaban J connectivity index is 2.20. The second kappa shape index (κ2) is 4.26. The van der Waals surface area contributed by atoms with Crippen LogP contribution in [-0.4, -0.2) is 34.8 Å². The van der Waals surface area contributed by atoms with Gasteiger partial charge >= 0.3 is 0 Å². The van der Waals surface area contributed by atoms with Crippen molar-refractivity contribution in [2.75, 3.05) is 6.26 Å². The van der Waals surface area contributed by atoms with E-state index in [9.17, 15) is 4.21 Å². The molecule has 0 aliphatic heterocycles. The van der Waals surface area contributed by atoms with Gasteiger partial charge in [-0.05, 0) is 6.07 Å². The fraction of sp³-hybridized carbons (Fsp3) is 0.0909. The van der Waals surface area contributed by atoms with Crippen molar-refractivity contribution in [3.63, 3.8) is 0 Å². The Hall–Kier alpha value is -2.15. The van der Waals surface area contributed by atoms with Crippen molar-refractivity contribution in [1.82, 2.24) is 24.3 Å². The number of aromatic nitrogens is 5. The lowest BCUT2D eigenvalue weighted by molar-refractivity contribution is 0.680. The van der Waals surface area contributed by atoms with Crippen LogP contribution in [0.1, 0.15) is 0 Å². The SMILES string of the molecule is CS(=O)c1nccc(-c2cnc3cnccn23)n1. The summed E-state index contributed by atoms with van der Waals surface area (Å²) >= 11 is 0. The van der Waals surface area contributed by atoms with E-state index in [1.807, 2.05) is 10.6 Å². The Bertz CT molecular complexity index is 739. The van der Waals surface area contributed by atoms with Gasteiger partial charge in [0.05, 0.1) is 34.6 Å². The maximum atomic E-state index is 11.4. The third kappa shape index (κ3) is 1.78. The van der Waals surface area contributed by atoms with Gasteiger partial charge in [0, 0.05) is 24.8 Å². The van der Waals surface area contributed by atoms with Gasteiger partial charge in [0.1, 0.15) is 0 Å². The first kappa shape index (κ1) is 11.0. The molecule has 0 aromatic carbocycles. The van der Waals surface area contributed by atoms with Gasteiger partial charge in [-0.15, -0.1) is 0 Å². The number of rotatable bonds is 2. The molecule has 0 aliphatic rings. The average molecular weight is 259 g/mol. The van der Waals surface area contributed by atoms with E-state index in [1.54, 1.807) is 37.1 Å². The van der Waals surface area contributed by atoms with Gasteiger partial charge in [0.15, 0.2) is 5.65 Å². The average Bonchev–Trinajstić information content (AvgIpc) is 2.82. The van der Waals surface area contributed by atoms with Gasteiger partial charge in [0.2, 0.25) is 5.16 Å². The maximum Gasteiger partial charge on any atom is 0.218 e. The van der Waals surface area contributed by atoms with E-state index in [2.05, 4.69) is 19.9 Å². The fourth-order valence-electron chi connectivity index (χ4n) is 1.65. The third-order valence-electron chi connectivity index (χ3n) is 2.47. The third-order valence-corrected chi connectivity index (χ3v) is 3.18. The van der Waals surface area contributed by atoms with Crippen molar-refractivity contribution < 1.29 is 4.21 Å². The van der Waals surface area contributed by atoms with Crippen LogP contribution >= 0.6 is 0 Å². The highest BCUT2D eigenvalue weighted by molar-refractivity contribution is 7.84. The Morgan fingerprint density at radius 1 is 1.22 bits per heavy atom. The van der Waals surface area contributed by atoms with Crippen LogP contribution in [0.3, 0.4) is 0 Å². The van der Waals surface area contributed by atoms with Gasteiger partial charge < -0.3 is 0 Å². The molecule has 3 aromatic rings. The summed E-state index contributed by atoms with van der Waals surface area (Å²) in [6.07, 6.45) is 10.0. The highest BCUT2D eigenvalue weighted by Crippen LogP contribution is 2.18. The molecule has 1 unspecified atom stereocenters. The summed E-state index contributed by atoms with van der Waals surface area (Å²) in [5, 5.41) is 0.316. The van der Waals surface area contributed by atoms with Crippen molar-refractivity contribution in [2.45, 2.75) is 5.16 Å². The predicted molar refractivity (Wildman–Crippen MR) is 66.3 cm³/mol. The first-order chi connectivity index (χ1) is 8.75.